The van der Waals surface area contributed by atoms with E-state index in [0.29, 0.717) is 4.88 Å². The maximum atomic E-state index is 12.4. The SMILES string of the molecule is Cc1ccc(C(=O)CCC(=O)c2ccc(C(F)(F)F)cc2)s1. The molecular formula is C16H13F3O2S. The summed E-state index contributed by atoms with van der Waals surface area (Å²) in [6.07, 6.45) is -4.38. The van der Waals surface area contributed by atoms with Crippen LogP contribution >= 0.6 is 11.3 Å². The van der Waals surface area contributed by atoms with Gasteiger partial charge in [-0.2, -0.15) is 13.2 Å². The molecule has 1 aromatic carbocycles. The van der Waals surface area contributed by atoms with Crippen LogP contribution in [0.3, 0.4) is 0 Å². The molecule has 0 amide bonds. The van der Waals surface area contributed by atoms with Gasteiger partial charge >= 0.3 is 6.18 Å². The summed E-state index contributed by atoms with van der Waals surface area (Å²) in [6.45, 7) is 1.88. The number of Topliss-reactive ketones (excluding diaryl/α,β-unsaturated/α-hetero) is 2. The molecule has 6 heteroatoms. The van der Waals surface area contributed by atoms with Gasteiger partial charge in [0, 0.05) is 23.3 Å². The lowest BCUT2D eigenvalue weighted by atomic mass is 10.0. The Morgan fingerprint density at radius 3 is 2.05 bits per heavy atom. The lowest BCUT2D eigenvalue weighted by Crippen LogP contribution is -2.07. The second-order valence-corrected chi connectivity index (χ2v) is 6.12. The number of thiophene rings is 1. The van der Waals surface area contributed by atoms with E-state index in [1.165, 1.54) is 11.3 Å². The zero-order valence-electron chi connectivity index (χ0n) is 11.7. The fraction of sp³-hybridized carbons (Fsp3) is 0.250. The smallest absolute Gasteiger partial charge is 0.294 e. The molecule has 1 aromatic heterocycles. The quantitative estimate of drug-likeness (QED) is 0.731. The number of hydrogen-bond donors (Lipinski definition) is 0. The molecular weight excluding hydrogens is 313 g/mol. The van der Waals surface area contributed by atoms with Crippen molar-refractivity contribution in [3.05, 3.63) is 57.3 Å². The average molecular weight is 326 g/mol. The van der Waals surface area contributed by atoms with Crippen molar-refractivity contribution in [3.8, 4) is 0 Å². The van der Waals surface area contributed by atoms with Crippen molar-refractivity contribution in [3.63, 3.8) is 0 Å². The molecule has 0 aliphatic carbocycles. The molecule has 0 saturated heterocycles. The predicted octanol–water partition coefficient (Wildman–Crippen LogP) is 4.92. The molecule has 0 atom stereocenters. The summed E-state index contributed by atoms with van der Waals surface area (Å²) in [5.41, 5.74) is -0.614. The third-order valence-electron chi connectivity index (χ3n) is 3.13. The van der Waals surface area contributed by atoms with Crippen LogP contribution in [0.1, 0.15) is 43.3 Å². The molecule has 0 N–H and O–H groups in total. The third kappa shape index (κ3) is 4.04. The van der Waals surface area contributed by atoms with E-state index in [-0.39, 0.29) is 30.0 Å². The summed E-state index contributed by atoms with van der Waals surface area (Å²) in [4.78, 5) is 25.4. The van der Waals surface area contributed by atoms with Gasteiger partial charge in [-0.05, 0) is 31.2 Å². The predicted molar refractivity (Wildman–Crippen MR) is 78.4 cm³/mol. The number of hydrogen-bond acceptors (Lipinski definition) is 3. The molecule has 0 saturated carbocycles. The number of halogens is 3. The van der Waals surface area contributed by atoms with Crippen LogP contribution in [0.25, 0.3) is 0 Å². The van der Waals surface area contributed by atoms with Crippen LogP contribution in [-0.2, 0) is 6.18 Å². The standard InChI is InChI=1S/C16H13F3O2S/c1-10-2-9-15(22-10)14(21)8-7-13(20)11-3-5-12(6-4-11)16(17,18)19/h2-6,9H,7-8H2,1H3. The van der Waals surface area contributed by atoms with E-state index in [1.807, 2.05) is 13.0 Å². The summed E-state index contributed by atoms with van der Waals surface area (Å²) < 4.78 is 37.3. The summed E-state index contributed by atoms with van der Waals surface area (Å²) in [5, 5.41) is 0. The minimum atomic E-state index is -4.42. The normalized spacial score (nSPS) is 11.5. The van der Waals surface area contributed by atoms with Gasteiger partial charge in [0.05, 0.1) is 10.4 Å². The van der Waals surface area contributed by atoms with Crippen molar-refractivity contribution < 1.29 is 22.8 Å². The Labute approximate surface area is 129 Å². The average Bonchev–Trinajstić information content (AvgIpc) is 2.90. The molecule has 0 spiro atoms. The topological polar surface area (TPSA) is 34.1 Å². The molecule has 1 heterocycles. The maximum absolute atomic E-state index is 12.4. The first-order chi connectivity index (χ1) is 10.3. The van der Waals surface area contributed by atoms with Gasteiger partial charge in [0.1, 0.15) is 0 Å². The number of carbonyl (C=O) groups is 2. The Balaban J connectivity index is 1.96. The first-order valence-electron chi connectivity index (χ1n) is 6.57. The Kier molecular flexibility index (Phi) is 4.81. The third-order valence-corrected chi connectivity index (χ3v) is 4.17. The zero-order chi connectivity index (χ0) is 16.3. The second kappa shape index (κ2) is 6.44. The fourth-order valence-corrected chi connectivity index (χ4v) is 2.76. The molecule has 116 valence electrons. The van der Waals surface area contributed by atoms with Gasteiger partial charge in [0.15, 0.2) is 11.6 Å². The molecule has 0 unspecified atom stereocenters. The number of rotatable bonds is 5. The van der Waals surface area contributed by atoms with Gasteiger partial charge in [-0.25, -0.2) is 0 Å². The Bertz CT molecular complexity index is 684. The number of benzene rings is 1. The molecule has 2 aromatic rings. The van der Waals surface area contributed by atoms with Crippen LogP contribution in [0.5, 0.6) is 0 Å². The van der Waals surface area contributed by atoms with Crippen molar-refractivity contribution in [1.82, 2.24) is 0 Å². The summed E-state index contributed by atoms with van der Waals surface area (Å²) in [6, 6.07) is 7.58. The van der Waals surface area contributed by atoms with E-state index in [1.54, 1.807) is 6.07 Å². The Morgan fingerprint density at radius 1 is 0.955 bits per heavy atom. The Morgan fingerprint density at radius 2 is 1.55 bits per heavy atom. The molecule has 2 nitrogen and oxygen atoms in total. The van der Waals surface area contributed by atoms with Gasteiger partial charge in [-0.3, -0.25) is 9.59 Å². The number of alkyl halides is 3. The number of carbonyl (C=O) groups excluding carboxylic acids is 2. The Hall–Kier alpha value is -1.95. The fourth-order valence-electron chi connectivity index (χ4n) is 1.92. The van der Waals surface area contributed by atoms with E-state index in [0.717, 1.165) is 29.1 Å². The molecule has 0 radical (unpaired) electrons. The highest BCUT2D eigenvalue weighted by Gasteiger charge is 2.30. The first kappa shape index (κ1) is 16.4. The van der Waals surface area contributed by atoms with Crippen molar-refractivity contribution in [2.45, 2.75) is 25.9 Å². The van der Waals surface area contributed by atoms with E-state index < -0.39 is 11.7 Å². The van der Waals surface area contributed by atoms with Gasteiger partial charge < -0.3 is 0 Å². The highest BCUT2D eigenvalue weighted by molar-refractivity contribution is 7.14. The summed E-state index contributed by atoms with van der Waals surface area (Å²) in [7, 11) is 0. The van der Waals surface area contributed by atoms with Gasteiger partial charge in [-0.15, -0.1) is 11.3 Å². The summed E-state index contributed by atoms with van der Waals surface area (Å²) >= 11 is 1.36. The van der Waals surface area contributed by atoms with Crippen molar-refractivity contribution in [1.29, 1.82) is 0 Å². The lowest BCUT2D eigenvalue weighted by Gasteiger charge is -2.07. The van der Waals surface area contributed by atoms with E-state index in [2.05, 4.69) is 0 Å². The van der Waals surface area contributed by atoms with E-state index in [9.17, 15) is 22.8 Å². The summed E-state index contributed by atoms with van der Waals surface area (Å²) in [5.74, 6) is -0.464. The van der Waals surface area contributed by atoms with Crippen molar-refractivity contribution in [2.75, 3.05) is 0 Å². The number of aryl methyl sites for hydroxylation is 1. The van der Waals surface area contributed by atoms with Gasteiger partial charge in [-0.1, -0.05) is 12.1 Å². The number of ketones is 2. The van der Waals surface area contributed by atoms with Gasteiger partial charge in [0.25, 0.3) is 0 Å². The second-order valence-electron chi connectivity index (χ2n) is 4.83. The van der Waals surface area contributed by atoms with Crippen LogP contribution in [-0.4, -0.2) is 11.6 Å². The van der Waals surface area contributed by atoms with Crippen molar-refractivity contribution >= 4 is 22.9 Å². The molecule has 0 fully saturated rings. The van der Waals surface area contributed by atoms with E-state index in [4.69, 9.17) is 0 Å². The van der Waals surface area contributed by atoms with Crippen LogP contribution in [0.2, 0.25) is 0 Å². The minimum absolute atomic E-state index is 0.0128. The zero-order valence-corrected chi connectivity index (χ0v) is 12.6. The first-order valence-corrected chi connectivity index (χ1v) is 7.39. The molecule has 0 aliphatic rings. The largest absolute Gasteiger partial charge is 0.416 e. The monoisotopic (exact) mass is 326 g/mol. The van der Waals surface area contributed by atoms with E-state index >= 15 is 0 Å². The minimum Gasteiger partial charge on any atom is -0.294 e. The molecule has 22 heavy (non-hydrogen) atoms. The van der Waals surface area contributed by atoms with Crippen LogP contribution in [0, 0.1) is 6.92 Å². The highest BCUT2D eigenvalue weighted by Crippen LogP contribution is 2.29. The molecule has 2 rings (SSSR count). The molecule has 0 aliphatic heterocycles. The van der Waals surface area contributed by atoms with Crippen molar-refractivity contribution in [2.24, 2.45) is 0 Å². The van der Waals surface area contributed by atoms with Crippen LogP contribution in [0.15, 0.2) is 36.4 Å². The van der Waals surface area contributed by atoms with Gasteiger partial charge in [0.2, 0.25) is 0 Å². The maximum Gasteiger partial charge on any atom is 0.416 e. The molecule has 0 bridgehead atoms. The van der Waals surface area contributed by atoms with Crippen LogP contribution in [0.4, 0.5) is 13.2 Å². The lowest BCUT2D eigenvalue weighted by molar-refractivity contribution is -0.137. The van der Waals surface area contributed by atoms with Crippen LogP contribution < -0.4 is 0 Å². The highest BCUT2D eigenvalue weighted by atomic mass is 32.1.